The number of aromatic nitrogens is 3. The molecule has 0 fully saturated rings. The molecule has 0 aliphatic heterocycles. The average Bonchev–Trinajstić information content (AvgIpc) is 2.88. The summed E-state index contributed by atoms with van der Waals surface area (Å²) in [5.74, 6) is 0.901. The quantitative estimate of drug-likeness (QED) is 0.431. The third kappa shape index (κ3) is 3.83. The van der Waals surface area contributed by atoms with Gasteiger partial charge in [-0.05, 0) is 29.8 Å². The number of benzene rings is 3. The molecule has 0 atom stereocenters. The maximum Gasteiger partial charge on any atom is 0.264 e. The van der Waals surface area contributed by atoms with Crippen LogP contribution in [0.15, 0.2) is 95.8 Å². The van der Waals surface area contributed by atoms with Gasteiger partial charge in [-0.25, -0.2) is 0 Å². The van der Waals surface area contributed by atoms with Crippen molar-refractivity contribution >= 4 is 10.9 Å². The number of nitrogens with zero attached hydrogens (tertiary/aromatic N) is 3. The molecule has 0 radical (unpaired) electrons. The van der Waals surface area contributed by atoms with E-state index in [4.69, 9.17) is 4.74 Å². The number of hydrogen-bond acceptors (Lipinski definition) is 5. The summed E-state index contributed by atoms with van der Waals surface area (Å²) in [6, 6.07) is 28.1. The van der Waals surface area contributed by atoms with Crippen LogP contribution in [0, 0.1) is 0 Å². The summed E-state index contributed by atoms with van der Waals surface area (Å²) in [4.78, 5) is 13.7. The lowest BCUT2D eigenvalue weighted by Crippen LogP contribution is -2.24. The lowest BCUT2D eigenvalue weighted by Gasteiger charge is -2.15. The van der Waals surface area contributed by atoms with Crippen molar-refractivity contribution in [3.8, 4) is 28.6 Å². The Morgan fingerprint density at radius 3 is 2.27 bits per heavy atom. The second kappa shape index (κ2) is 8.59. The standard InChI is InChI=1S/C27H21N3O3/c1-33-20-12-13-21-24(17-20)30(25-15-14-23(28-29-25)19-10-6-3-7-11-19)27(32)22(26(21)31)16-18-8-4-2-5-9-18/h2-15,17,31H,16H2,1H3. The molecule has 0 bridgehead atoms. The van der Waals surface area contributed by atoms with Gasteiger partial charge in [0.25, 0.3) is 5.56 Å². The molecule has 0 aliphatic rings. The van der Waals surface area contributed by atoms with E-state index in [0.29, 0.717) is 40.1 Å². The summed E-state index contributed by atoms with van der Waals surface area (Å²) >= 11 is 0. The highest BCUT2D eigenvalue weighted by Gasteiger charge is 2.19. The minimum Gasteiger partial charge on any atom is -0.507 e. The number of methoxy groups -OCH3 is 1. The molecule has 0 unspecified atom stereocenters. The number of ether oxygens (including phenoxy) is 1. The number of aromatic hydroxyl groups is 1. The van der Waals surface area contributed by atoms with Crippen LogP contribution >= 0.6 is 0 Å². The van der Waals surface area contributed by atoms with E-state index in [1.165, 1.54) is 4.57 Å². The van der Waals surface area contributed by atoms with E-state index in [1.54, 1.807) is 31.4 Å². The molecule has 6 nitrogen and oxygen atoms in total. The van der Waals surface area contributed by atoms with Gasteiger partial charge in [0.05, 0.1) is 23.9 Å². The van der Waals surface area contributed by atoms with E-state index in [-0.39, 0.29) is 11.3 Å². The summed E-state index contributed by atoms with van der Waals surface area (Å²) < 4.78 is 6.85. The van der Waals surface area contributed by atoms with E-state index in [0.717, 1.165) is 11.1 Å². The number of fused-ring (bicyclic) bond motifs is 1. The van der Waals surface area contributed by atoms with Crippen molar-refractivity contribution < 1.29 is 9.84 Å². The highest BCUT2D eigenvalue weighted by molar-refractivity contribution is 5.88. The fourth-order valence-electron chi connectivity index (χ4n) is 3.93. The summed E-state index contributed by atoms with van der Waals surface area (Å²) in [6.45, 7) is 0. The van der Waals surface area contributed by atoms with Crippen LogP contribution in [-0.4, -0.2) is 27.0 Å². The molecule has 2 heterocycles. The zero-order valence-electron chi connectivity index (χ0n) is 18.0. The van der Waals surface area contributed by atoms with Gasteiger partial charge in [0.2, 0.25) is 0 Å². The normalized spacial score (nSPS) is 10.9. The molecular formula is C27H21N3O3. The van der Waals surface area contributed by atoms with Gasteiger partial charge < -0.3 is 9.84 Å². The fourth-order valence-corrected chi connectivity index (χ4v) is 3.93. The first-order valence-corrected chi connectivity index (χ1v) is 10.5. The van der Waals surface area contributed by atoms with Crippen molar-refractivity contribution in [1.82, 2.24) is 14.8 Å². The van der Waals surface area contributed by atoms with Gasteiger partial charge in [0.15, 0.2) is 5.82 Å². The molecule has 0 amide bonds. The van der Waals surface area contributed by atoms with Crippen LogP contribution in [0.2, 0.25) is 0 Å². The van der Waals surface area contributed by atoms with Crippen LogP contribution in [-0.2, 0) is 6.42 Å². The van der Waals surface area contributed by atoms with E-state index >= 15 is 0 Å². The molecule has 162 valence electrons. The Balaban J connectivity index is 1.72. The first-order valence-electron chi connectivity index (χ1n) is 10.5. The third-order valence-electron chi connectivity index (χ3n) is 5.62. The highest BCUT2D eigenvalue weighted by Crippen LogP contribution is 2.31. The summed E-state index contributed by atoms with van der Waals surface area (Å²) in [6.07, 6.45) is 0.295. The topological polar surface area (TPSA) is 77.2 Å². The van der Waals surface area contributed by atoms with Crippen molar-refractivity contribution in [3.05, 3.63) is 112 Å². The van der Waals surface area contributed by atoms with Crippen LogP contribution < -0.4 is 10.3 Å². The van der Waals surface area contributed by atoms with Crippen LogP contribution in [0.5, 0.6) is 11.5 Å². The molecule has 33 heavy (non-hydrogen) atoms. The van der Waals surface area contributed by atoms with Gasteiger partial charge in [-0.15, -0.1) is 10.2 Å². The predicted molar refractivity (Wildman–Crippen MR) is 128 cm³/mol. The van der Waals surface area contributed by atoms with Crippen molar-refractivity contribution in [2.75, 3.05) is 7.11 Å². The van der Waals surface area contributed by atoms with E-state index in [1.807, 2.05) is 66.7 Å². The van der Waals surface area contributed by atoms with Crippen LogP contribution in [0.3, 0.4) is 0 Å². The van der Waals surface area contributed by atoms with Crippen molar-refractivity contribution in [2.45, 2.75) is 6.42 Å². The first-order chi connectivity index (χ1) is 16.2. The molecular weight excluding hydrogens is 414 g/mol. The summed E-state index contributed by atoms with van der Waals surface area (Å²) in [7, 11) is 1.56. The third-order valence-corrected chi connectivity index (χ3v) is 5.62. The maximum atomic E-state index is 13.7. The van der Waals surface area contributed by atoms with Gasteiger partial charge in [-0.2, -0.15) is 0 Å². The van der Waals surface area contributed by atoms with E-state index in [9.17, 15) is 9.90 Å². The minimum absolute atomic E-state index is 0.0355. The predicted octanol–water partition coefficient (Wildman–Crippen LogP) is 4.75. The van der Waals surface area contributed by atoms with Gasteiger partial charge in [0, 0.05) is 23.4 Å². The molecule has 5 aromatic rings. The van der Waals surface area contributed by atoms with Crippen LogP contribution in [0.4, 0.5) is 0 Å². The lowest BCUT2D eigenvalue weighted by atomic mass is 10.0. The Labute approximate surface area is 190 Å². The molecule has 1 N–H and O–H groups in total. The zero-order valence-corrected chi connectivity index (χ0v) is 18.0. The molecule has 0 saturated carbocycles. The molecule has 3 aromatic carbocycles. The summed E-state index contributed by atoms with van der Waals surface area (Å²) in [5, 5.41) is 20.3. The second-order valence-electron chi connectivity index (χ2n) is 7.66. The number of rotatable bonds is 5. The summed E-state index contributed by atoms with van der Waals surface area (Å²) in [5.41, 5.74) is 3.01. The smallest absolute Gasteiger partial charge is 0.264 e. The Morgan fingerprint density at radius 2 is 1.61 bits per heavy atom. The average molecular weight is 435 g/mol. The minimum atomic E-state index is -0.348. The highest BCUT2D eigenvalue weighted by atomic mass is 16.5. The Hall–Kier alpha value is -4.45. The van der Waals surface area contributed by atoms with Gasteiger partial charge in [0.1, 0.15) is 11.5 Å². The number of hydrogen-bond donors (Lipinski definition) is 1. The van der Waals surface area contributed by atoms with Gasteiger partial charge in [-0.1, -0.05) is 60.7 Å². The van der Waals surface area contributed by atoms with Gasteiger partial charge >= 0.3 is 0 Å². The van der Waals surface area contributed by atoms with Crippen LogP contribution in [0.25, 0.3) is 28.0 Å². The molecule has 0 spiro atoms. The molecule has 2 aromatic heterocycles. The lowest BCUT2D eigenvalue weighted by molar-refractivity contribution is 0.415. The molecule has 0 aliphatic carbocycles. The van der Waals surface area contributed by atoms with Crippen molar-refractivity contribution in [3.63, 3.8) is 0 Å². The van der Waals surface area contributed by atoms with E-state index in [2.05, 4.69) is 10.2 Å². The fraction of sp³-hybridized carbons (Fsp3) is 0.0741. The van der Waals surface area contributed by atoms with E-state index < -0.39 is 0 Å². The van der Waals surface area contributed by atoms with Gasteiger partial charge in [-0.3, -0.25) is 9.36 Å². The van der Waals surface area contributed by atoms with Crippen molar-refractivity contribution in [1.29, 1.82) is 0 Å². The Bertz CT molecular complexity index is 1480. The monoisotopic (exact) mass is 435 g/mol. The van der Waals surface area contributed by atoms with Crippen LogP contribution in [0.1, 0.15) is 11.1 Å². The Kier molecular flexibility index (Phi) is 5.32. The molecule has 6 heteroatoms. The molecule has 5 rings (SSSR count). The largest absolute Gasteiger partial charge is 0.507 e. The second-order valence-corrected chi connectivity index (χ2v) is 7.66. The zero-order chi connectivity index (χ0) is 22.8. The molecule has 0 saturated heterocycles. The Morgan fingerprint density at radius 1 is 0.879 bits per heavy atom. The maximum absolute atomic E-state index is 13.7. The van der Waals surface area contributed by atoms with Crippen molar-refractivity contribution in [2.24, 2.45) is 0 Å². The SMILES string of the molecule is COc1ccc2c(O)c(Cc3ccccc3)c(=O)n(-c3ccc(-c4ccccc4)nn3)c2c1. The first kappa shape index (κ1) is 20.5. The number of pyridine rings is 1.